The van der Waals surface area contributed by atoms with Crippen molar-refractivity contribution in [1.29, 1.82) is 10.5 Å². The summed E-state index contributed by atoms with van der Waals surface area (Å²) >= 11 is 0. The molecule has 0 N–H and O–H groups in total. The summed E-state index contributed by atoms with van der Waals surface area (Å²) in [5.41, 5.74) is -7.91. The van der Waals surface area contributed by atoms with E-state index in [1.165, 1.54) is 12.1 Å². The first-order chi connectivity index (χ1) is 32.1. The van der Waals surface area contributed by atoms with Gasteiger partial charge >= 0.3 is 24.7 Å². The largest absolute Gasteiger partial charge is 0.416 e. The van der Waals surface area contributed by atoms with Crippen LogP contribution in [0, 0.1) is 22.7 Å². The van der Waals surface area contributed by atoms with Gasteiger partial charge in [-0.1, -0.05) is 72.8 Å². The maximum Gasteiger partial charge on any atom is 0.416 e. The topological polar surface area (TPSA) is 54.1 Å². The van der Waals surface area contributed by atoms with Gasteiger partial charge in [0.1, 0.15) is 0 Å². The van der Waals surface area contributed by atoms with Crippen LogP contribution in [-0.4, -0.2) is 0 Å². The molecule has 0 aliphatic carbocycles. The summed E-state index contributed by atoms with van der Waals surface area (Å²) in [6.07, 6.45) is -18.9. The number of allylic oxidation sites excluding steroid dienone is 2. The number of nitrogens with zero attached hydrogens (tertiary/aromatic N) is 4. The van der Waals surface area contributed by atoms with Crippen molar-refractivity contribution in [2.45, 2.75) is 24.7 Å². The molecule has 0 bridgehead atoms. The van der Waals surface area contributed by atoms with Crippen LogP contribution in [0.15, 0.2) is 170 Å². The van der Waals surface area contributed by atoms with Crippen LogP contribution < -0.4 is 9.80 Å². The summed E-state index contributed by atoms with van der Waals surface area (Å²) in [7, 11) is 0. The van der Waals surface area contributed by atoms with E-state index in [4.69, 9.17) is 0 Å². The van der Waals surface area contributed by atoms with E-state index >= 15 is 0 Å². The van der Waals surface area contributed by atoms with Crippen molar-refractivity contribution < 1.29 is 52.7 Å². The van der Waals surface area contributed by atoms with Gasteiger partial charge in [0.25, 0.3) is 0 Å². The number of alkyl halides is 12. The number of nitriles is 2. The molecule has 0 radical (unpaired) electrons. The zero-order chi connectivity index (χ0) is 49.0. The first-order valence-corrected chi connectivity index (χ1v) is 20.0. The average Bonchev–Trinajstić information content (AvgIpc) is 3.31. The highest BCUT2D eigenvalue weighted by Crippen LogP contribution is 2.47. The molecule has 16 heteroatoms. The Bertz CT molecular complexity index is 2720. The van der Waals surface area contributed by atoms with Gasteiger partial charge in [-0.05, 0) is 120 Å². The fourth-order valence-corrected chi connectivity index (χ4v) is 7.28. The zero-order valence-electron chi connectivity index (χ0n) is 34.6. The lowest BCUT2D eigenvalue weighted by molar-refractivity contribution is -0.144. The molecule has 0 spiro atoms. The van der Waals surface area contributed by atoms with E-state index < -0.39 is 69.2 Å². The number of halogens is 12. The zero-order valence-corrected chi connectivity index (χ0v) is 34.6. The lowest BCUT2D eigenvalue weighted by Gasteiger charge is -2.31. The average molecular weight is 939 g/mol. The Morgan fingerprint density at radius 2 is 0.588 bits per heavy atom. The van der Waals surface area contributed by atoms with E-state index in [1.807, 2.05) is 0 Å². The Labute approximate surface area is 380 Å². The van der Waals surface area contributed by atoms with E-state index in [1.54, 1.807) is 143 Å². The molecule has 0 atom stereocenters. The van der Waals surface area contributed by atoms with Crippen LogP contribution in [0.2, 0.25) is 0 Å². The fraction of sp³-hybridized carbons (Fsp3) is 0.0769. The summed E-state index contributed by atoms with van der Waals surface area (Å²) in [6.45, 7) is 0. The van der Waals surface area contributed by atoms with Crippen molar-refractivity contribution >= 4 is 57.4 Å². The molecule has 0 aliphatic rings. The molecule has 0 saturated heterocycles. The van der Waals surface area contributed by atoms with Gasteiger partial charge in [0.2, 0.25) is 0 Å². The van der Waals surface area contributed by atoms with Gasteiger partial charge in [-0.15, -0.1) is 0 Å². The smallest absolute Gasteiger partial charge is 0.310 e. The van der Waals surface area contributed by atoms with E-state index in [0.717, 1.165) is 12.2 Å². The second-order valence-corrected chi connectivity index (χ2v) is 14.9. The minimum absolute atomic E-state index is 0.0267. The minimum Gasteiger partial charge on any atom is -0.310 e. The molecule has 0 amide bonds. The van der Waals surface area contributed by atoms with Crippen LogP contribution in [0.4, 0.5) is 86.8 Å². The van der Waals surface area contributed by atoms with Crippen molar-refractivity contribution in [3.05, 3.63) is 214 Å². The van der Waals surface area contributed by atoms with E-state index in [9.17, 15) is 63.2 Å². The molecule has 4 nitrogen and oxygen atoms in total. The van der Waals surface area contributed by atoms with Gasteiger partial charge in [-0.25, -0.2) is 0 Å². The molecular formula is C52H30F12N4. The molecule has 7 rings (SSSR count). The van der Waals surface area contributed by atoms with Crippen molar-refractivity contribution in [2.75, 3.05) is 9.80 Å². The van der Waals surface area contributed by atoms with E-state index in [2.05, 4.69) is 0 Å². The molecule has 7 aromatic carbocycles. The number of benzene rings is 7. The third kappa shape index (κ3) is 10.7. The highest BCUT2D eigenvalue weighted by molar-refractivity contribution is 6.00. The molecule has 0 heterocycles. The summed E-state index contributed by atoms with van der Waals surface area (Å²) < 4.78 is 170. The molecular weight excluding hydrogens is 909 g/mol. The number of para-hydroxylation sites is 4. The Morgan fingerprint density at radius 1 is 0.353 bits per heavy atom. The van der Waals surface area contributed by atoms with E-state index in [-0.39, 0.29) is 34.6 Å². The first kappa shape index (κ1) is 47.7. The Hall–Kier alpha value is -8.24. The Morgan fingerprint density at radius 3 is 0.794 bits per heavy atom. The monoisotopic (exact) mass is 938 g/mol. The van der Waals surface area contributed by atoms with Crippen LogP contribution in [0.25, 0.3) is 23.3 Å². The van der Waals surface area contributed by atoms with Gasteiger partial charge in [0, 0.05) is 33.9 Å². The number of hydrogen-bond donors (Lipinski definition) is 0. The predicted octanol–water partition coefficient (Wildman–Crippen LogP) is 16.8. The lowest BCUT2D eigenvalue weighted by atomic mass is 9.94. The Balaban J connectivity index is 1.66. The van der Waals surface area contributed by atoms with Crippen molar-refractivity contribution in [3.63, 3.8) is 0 Å². The third-order valence-corrected chi connectivity index (χ3v) is 10.4. The maximum absolute atomic E-state index is 14.2. The molecule has 7 aromatic rings. The quantitative estimate of drug-likeness (QED) is 0.0779. The Kier molecular flexibility index (Phi) is 13.3. The van der Waals surface area contributed by atoms with Crippen LogP contribution in [-0.2, 0) is 24.7 Å². The summed E-state index contributed by atoms with van der Waals surface area (Å²) in [5.74, 6) is 0. The van der Waals surface area contributed by atoms with Crippen molar-refractivity contribution in [3.8, 4) is 12.1 Å². The molecule has 342 valence electrons. The predicted molar refractivity (Wildman–Crippen MR) is 236 cm³/mol. The van der Waals surface area contributed by atoms with Gasteiger partial charge in [-0.2, -0.15) is 63.2 Å². The second-order valence-electron chi connectivity index (χ2n) is 14.9. The SMILES string of the molecule is N#C/C(=C\c1cc(N(c2ccccc2)c2ccccc2)c(/C=C(\C#N)c2cc(C(F)(F)F)cc(C(F)(F)F)c2)cc1N(c1ccccc1)c1ccccc1)c1cc(C(F)(F)F)cc(C(F)(F)F)c1. The second kappa shape index (κ2) is 18.9. The summed E-state index contributed by atoms with van der Waals surface area (Å²) in [5, 5.41) is 21.2. The molecule has 0 aromatic heterocycles. The fourth-order valence-electron chi connectivity index (χ4n) is 7.28. The van der Waals surface area contributed by atoms with E-state index in [0.29, 0.717) is 47.0 Å². The summed E-state index contributed by atoms with van der Waals surface area (Å²) in [4.78, 5) is 3.20. The first-order valence-electron chi connectivity index (χ1n) is 20.0. The van der Waals surface area contributed by atoms with Gasteiger partial charge < -0.3 is 9.80 Å². The summed E-state index contributed by atoms with van der Waals surface area (Å²) in [6, 6.07) is 41.0. The highest BCUT2D eigenvalue weighted by atomic mass is 19.4. The molecule has 0 saturated carbocycles. The standard InChI is InChI=1S/C52H30F12N4/c53-49(54,55)39-23-33(24-40(29-39)50(56,57)58)37(31-65)21-35-28-48(68(45-17-9-3-10-18-45)46-19-11-4-12-20-46)36(27-47(35)67(43-13-5-1-6-14-43)44-15-7-2-8-16-44)22-38(32-66)34-25-41(51(59,60)61)30-42(26-34)52(62,63)64/h1-30H/b37-21+,38-22+. The maximum atomic E-state index is 14.2. The van der Waals surface area contributed by atoms with Crippen LogP contribution in [0.5, 0.6) is 0 Å². The number of anilines is 6. The minimum atomic E-state index is -5.27. The normalized spacial score (nSPS) is 12.6. The van der Waals surface area contributed by atoms with Gasteiger partial charge in [0.15, 0.2) is 0 Å². The van der Waals surface area contributed by atoms with Gasteiger partial charge in [-0.3, -0.25) is 0 Å². The molecule has 68 heavy (non-hydrogen) atoms. The van der Waals surface area contributed by atoms with Crippen LogP contribution in [0.3, 0.4) is 0 Å². The lowest BCUT2D eigenvalue weighted by Crippen LogP contribution is -2.15. The van der Waals surface area contributed by atoms with Crippen molar-refractivity contribution in [1.82, 2.24) is 0 Å². The van der Waals surface area contributed by atoms with Crippen LogP contribution >= 0.6 is 0 Å². The molecule has 0 aliphatic heterocycles. The molecule has 0 fully saturated rings. The number of hydrogen-bond acceptors (Lipinski definition) is 4. The van der Waals surface area contributed by atoms with Crippen molar-refractivity contribution in [2.24, 2.45) is 0 Å². The highest BCUT2D eigenvalue weighted by Gasteiger charge is 2.39. The molecule has 0 unspecified atom stereocenters. The van der Waals surface area contributed by atoms with Crippen LogP contribution in [0.1, 0.15) is 44.5 Å². The van der Waals surface area contributed by atoms with Gasteiger partial charge in [0.05, 0.1) is 56.9 Å². The third-order valence-electron chi connectivity index (χ3n) is 10.4. The number of rotatable bonds is 10.